The maximum Gasteiger partial charge on any atom is 0.228 e. The molecule has 0 spiro atoms. The van der Waals surface area contributed by atoms with Crippen LogP contribution in [0.25, 0.3) is 0 Å². The van der Waals surface area contributed by atoms with Gasteiger partial charge in [0.2, 0.25) is 11.8 Å². The molecule has 1 aromatic rings. The van der Waals surface area contributed by atoms with E-state index in [2.05, 4.69) is 5.32 Å². The Morgan fingerprint density at radius 2 is 1.87 bits per heavy atom. The molecule has 5 nitrogen and oxygen atoms in total. The molecule has 0 radical (unpaired) electrons. The van der Waals surface area contributed by atoms with Crippen molar-refractivity contribution in [3.05, 3.63) is 35.9 Å². The number of piperazine rings is 1. The van der Waals surface area contributed by atoms with E-state index >= 15 is 0 Å². The van der Waals surface area contributed by atoms with Crippen LogP contribution in [-0.2, 0) is 9.59 Å². The lowest BCUT2D eigenvalue weighted by molar-refractivity contribution is -0.136. The molecular formula is C17H24ClN3O2. The third kappa shape index (κ3) is 3.85. The Balaban J connectivity index is 0.00000192. The standard InChI is InChI=1S/C17H23N3O2.ClH/c1-13(14-5-3-2-4-6-14)20-12-15(11-16(20)21)17(22)19-9-7-18-8-10-19;/h2-6,13,15,18H,7-12H2,1H3;1H. The van der Waals surface area contributed by atoms with Crippen molar-refractivity contribution < 1.29 is 9.59 Å². The van der Waals surface area contributed by atoms with Crippen LogP contribution in [0.15, 0.2) is 30.3 Å². The lowest BCUT2D eigenvalue weighted by Crippen LogP contribution is -2.48. The fraction of sp³-hybridized carbons (Fsp3) is 0.529. The summed E-state index contributed by atoms with van der Waals surface area (Å²) in [7, 11) is 0. The molecule has 2 saturated heterocycles. The van der Waals surface area contributed by atoms with E-state index in [1.807, 2.05) is 47.1 Å². The quantitative estimate of drug-likeness (QED) is 0.908. The molecule has 1 aromatic carbocycles. The van der Waals surface area contributed by atoms with Crippen LogP contribution in [-0.4, -0.2) is 54.3 Å². The van der Waals surface area contributed by atoms with Crippen molar-refractivity contribution in [1.82, 2.24) is 15.1 Å². The van der Waals surface area contributed by atoms with Crippen molar-refractivity contribution in [2.45, 2.75) is 19.4 Å². The first-order valence-electron chi connectivity index (χ1n) is 8.00. The summed E-state index contributed by atoms with van der Waals surface area (Å²) < 4.78 is 0. The van der Waals surface area contributed by atoms with Gasteiger partial charge < -0.3 is 15.1 Å². The molecule has 2 fully saturated rings. The number of likely N-dealkylation sites (tertiary alicyclic amines) is 1. The third-order valence-corrected chi connectivity index (χ3v) is 4.69. The second-order valence-electron chi connectivity index (χ2n) is 6.11. The first-order chi connectivity index (χ1) is 10.7. The minimum absolute atomic E-state index is 0. The highest BCUT2D eigenvalue weighted by molar-refractivity contribution is 5.89. The van der Waals surface area contributed by atoms with Gasteiger partial charge in [-0.1, -0.05) is 30.3 Å². The predicted molar refractivity (Wildman–Crippen MR) is 91.4 cm³/mol. The highest BCUT2D eigenvalue weighted by Crippen LogP contribution is 2.29. The highest BCUT2D eigenvalue weighted by atomic mass is 35.5. The molecule has 2 aliphatic heterocycles. The van der Waals surface area contributed by atoms with Gasteiger partial charge in [0.25, 0.3) is 0 Å². The van der Waals surface area contributed by atoms with E-state index in [1.54, 1.807) is 0 Å². The summed E-state index contributed by atoms with van der Waals surface area (Å²) in [5.74, 6) is 0.0409. The Kier molecular flexibility index (Phi) is 6.02. The van der Waals surface area contributed by atoms with E-state index in [1.165, 1.54) is 0 Å². The number of carbonyl (C=O) groups is 2. The number of carbonyl (C=O) groups excluding carboxylic acids is 2. The van der Waals surface area contributed by atoms with Crippen molar-refractivity contribution in [2.75, 3.05) is 32.7 Å². The SMILES string of the molecule is CC(c1ccccc1)N1CC(C(=O)N2CCNCC2)CC1=O.Cl. The van der Waals surface area contributed by atoms with Gasteiger partial charge in [-0.2, -0.15) is 0 Å². The van der Waals surface area contributed by atoms with Crippen LogP contribution in [0, 0.1) is 5.92 Å². The molecule has 0 aromatic heterocycles. The fourth-order valence-electron chi connectivity index (χ4n) is 3.33. The maximum atomic E-state index is 12.6. The lowest BCUT2D eigenvalue weighted by Gasteiger charge is -2.30. The van der Waals surface area contributed by atoms with E-state index in [0.29, 0.717) is 13.0 Å². The van der Waals surface area contributed by atoms with Gasteiger partial charge in [0.1, 0.15) is 0 Å². The summed E-state index contributed by atoms with van der Waals surface area (Å²) in [5, 5.41) is 3.25. The molecule has 2 unspecified atom stereocenters. The van der Waals surface area contributed by atoms with E-state index in [-0.39, 0.29) is 36.2 Å². The summed E-state index contributed by atoms with van der Waals surface area (Å²) in [6.45, 7) is 5.76. The molecule has 6 heteroatoms. The van der Waals surface area contributed by atoms with Gasteiger partial charge >= 0.3 is 0 Å². The van der Waals surface area contributed by atoms with Gasteiger partial charge in [0.15, 0.2) is 0 Å². The summed E-state index contributed by atoms with van der Waals surface area (Å²) >= 11 is 0. The number of nitrogens with one attached hydrogen (secondary N) is 1. The molecule has 0 saturated carbocycles. The number of halogens is 1. The van der Waals surface area contributed by atoms with Gasteiger partial charge in [0, 0.05) is 39.1 Å². The Morgan fingerprint density at radius 1 is 1.22 bits per heavy atom. The zero-order chi connectivity index (χ0) is 15.5. The second-order valence-corrected chi connectivity index (χ2v) is 6.11. The Bertz CT molecular complexity index is 546. The van der Waals surface area contributed by atoms with Gasteiger partial charge in [-0.3, -0.25) is 9.59 Å². The van der Waals surface area contributed by atoms with Crippen molar-refractivity contribution in [3.8, 4) is 0 Å². The van der Waals surface area contributed by atoms with E-state index in [4.69, 9.17) is 0 Å². The molecule has 0 bridgehead atoms. The van der Waals surface area contributed by atoms with Gasteiger partial charge in [-0.15, -0.1) is 12.4 Å². The number of benzene rings is 1. The molecule has 0 aliphatic carbocycles. The van der Waals surface area contributed by atoms with Crippen LogP contribution in [0.3, 0.4) is 0 Å². The minimum atomic E-state index is -0.184. The minimum Gasteiger partial charge on any atom is -0.340 e. The number of hydrogen-bond donors (Lipinski definition) is 1. The summed E-state index contributed by atoms with van der Waals surface area (Å²) in [4.78, 5) is 28.6. The zero-order valence-corrected chi connectivity index (χ0v) is 14.2. The Labute approximate surface area is 143 Å². The van der Waals surface area contributed by atoms with Crippen LogP contribution in [0.1, 0.15) is 24.9 Å². The number of rotatable bonds is 3. The van der Waals surface area contributed by atoms with Crippen molar-refractivity contribution >= 4 is 24.2 Å². The lowest BCUT2D eigenvalue weighted by atomic mass is 10.1. The molecule has 23 heavy (non-hydrogen) atoms. The van der Waals surface area contributed by atoms with Gasteiger partial charge in [-0.05, 0) is 12.5 Å². The number of amides is 2. The molecule has 2 atom stereocenters. The monoisotopic (exact) mass is 337 g/mol. The maximum absolute atomic E-state index is 12.6. The molecule has 2 aliphatic rings. The third-order valence-electron chi connectivity index (χ3n) is 4.69. The topological polar surface area (TPSA) is 52.7 Å². The summed E-state index contributed by atoms with van der Waals surface area (Å²) in [6, 6.07) is 10.0. The Hall–Kier alpha value is -1.59. The summed E-state index contributed by atoms with van der Waals surface area (Å²) in [6.07, 6.45) is 0.347. The molecule has 2 heterocycles. The molecule has 1 N–H and O–H groups in total. The second kappa shape index (κ2) is 7.79. The molecular weight excluding hydrogens is 314 g/mol. The molecule has 3 rings (SSSR count). The highest BCUT2D eigenvalue weighted by Gasteiger charge is 2.38. The number of nitrogens with zero attached hydrogens (tertiary/aromatic N) is 2. The van der Waals surface area contributed by atoms with Crippen LogP contribution >= 0.6 is 12.4 Å². The van der Waals surface area contributed by atoms with Crippen LogP contribution in [0.5, 0.6) is 0 Å². The van der Waals surface area contributed by atoms with E-state index < -0.39 is 0 Å². The van der Waals surface area contributed by atoms with Crippen LogP contribution in [0.2, 0.25) is 0 Å². The van der Waals surface area contributed by atoms with Crippen molar-refractivity contribution in [2.24, 2.45) is 5.92 Å². The summed E-state index contributed by atoms with van der Waals surface area (Å²) in [5.41, 5.74) is 1.12. The molecule has 126 valence electrons. The first-order valence-corrected chi connectivity index (χ1v) is 8.00. The predicted octanol–water partition coefficient (Wildman–Crippen LogP) is 1.45. The number of hydrogen-bond acceptors (Lipinski definition) is 3. The smallest absolute Gasteiger partial charge is 0.228 e. The van der Waals surface area contributed by atoms with Gasteiger partial charge in [-0.25, -0.2) is 0 Å². The van der Waals surface area contributed by atoms with Crippen LogP contribution in [0.4, 0.5) is 0 Å². The normalized spacial score (nSPS) is 22.7. The largest absolute Gasteiger partial charge is 0.340 e. The fourth-order valence-corrected chi connectivity index (χ4v) is 3.33. The Morgan fingerprint density at radius 3 is 2.52 bits per heavy atom. The van der Waals surface area contributed by atoms with Crippen molar-refractivity contribution in [1.29, 1.82) is 0 Å². The van der Waals surface area contributed by atoms with E-state index in [0.717, 1.165) is 31.7 Å². The van der Waals surface area contributed by atoms with Gasteiger partial charge in [0.05, 0.1) is 12.0 Å². The molecule has 2 amide bonds. The average molecular weight is 338 g/mol. The zero-order valence-electron chi connectivity index (χ0n) is 13.4. The van der Waals surface area contributed by atoms with Crippen molar-refractivity contribution in [3.63, 3.8) is 0 Å². The van der Waals surface area contributed by atoms with E-state index in [9.17, 15) is 9.59 Å². The average Bonchev–Trinajstić information content (AvgIpc) is 2.97. The van der Waals surface area contributed by atoms with Crippen LogP contribution < -0.4 is 5.32 Å². The first kappa shape index (κ1) is 17.8.